The summed E-state index contributed by atoms with van der Waals surface area (Å²) < 4.78 is 78.6. The molecule has 1 heterocycles. The number of benzene rings is 2. The Kier molecular flexibility index (Phi) is 7.02. The zero-order chi connectivity index (χ0) is 23.6. The fraction of sp³-hybridized carbons (Fsp3) is 0.300. The number of anilines is 1. The zero-order valence-corrected chi connectivity index (χ0v) is 17.8. The molecule has 12 heteroatoms. The molecule has 1 N–H and O–H groups in total. The van der Waals surface area contributed by atoms with Crippen LogP contribution in [0.25, 0.3) is 0 Å². The number of amides is 1. The number of rotatable bonds is 4. The van der Waals surface area contributed by atoms with Crippen LogP contribution in [-0.2, 0) is 0 Å². The van der Waals surface area contributed by atoms with Crippen LogP contribution in [0, 0.1) is 29.1 Å². The first-order valence-corrected chi connectivity index (χ1v) is 9.68. The normalized spacial score (nSPS) is 13.7. The second kappa shape index (κ2) is 9.55. The Morgan fingerprint density at radius 3 is 1.78 bits per heavy atom. The molecule has 1 amide bonds. The summed E-state index contributed by atoms with van der Waals surface area (Å²) >= 11 is 5.23. The van der Waals surface area contributed by atoms with Crippen molar-refractivity contribution >= 4 is 28.9 Å². The van der Waals surface area contributed by atoms with Gasteiger partial charge in [-0.05, 0) is 24.4 Å². The molecule has 0 saturated carbocycles. The molecule has 0 atom stereocenters. The van der Waals surface area contributed by atoms with Crippen LogP contribution in [0.5, 0.6) is 11.5 Å². The summed E-state index contributed by atoms with van der Waals surface area (Å²) in [5, 5.41) is 2.59. The van der Waals surface area contributed by atoms with Gasteiger partial charge in [0.2, 0.25) is 5.82 Å². The topological polar surface area (TPSA) is 54.0 Å². The molecule has 1 aliphatic heterocycles. The summed E-state index contributed by atoms with van der Waals surface area (Å²) in [5.41, 5.74) is -0.761. The van der Waals surface area contributed by atoms with E-state index in [-0.39, 0.29) is 36.9 Å². The molecular weight excluding hydrogens is 457 g/mol. The smallest absolute Gasteiger partial charge is 0.257 e. The van der Waals surface area contributed by atoms with Crippen LogP contribution in [0.15, 0.2) is 18.2 Å². The van der Waals surface area contributed by atoms with Gasteiger partial charge >= 0.3 is 0 Å². The number of halogens is 5. The van der Waals surface area contributed by atoms with Crippen molar-refractivity contribution in [1.82, 2.24) is 10.2 Å². The lowest BCUT2D eigenvalue weighted by molar-refractivity contribution is 0.0972. The quantitative estimate of drug-likeness (QED) is 0.317. The average Bonchev–Trinajstić information content (AvgIpc) is 2.81. The van der Waals surface area contributed by atoms with Gasteiger partial charge in [0.25, 0.3) is 5.91 Å². The highest BCUT2D eigenvalue weighted by Crippen LogP contribution is 2.31. The summed E-state index contributed by atoms with van der Waals surface area (Å²) in [6.07, 6.45) is 0. The molecular formula is C20H18F5N3O3S. The highest BCUT2D eigenvalue weighted by atomic mass is 32.1. The van der Waals surface area contributed by atoms with Crippen molar-refractivity contribution in [3.8, 4) is 11.5 Å². The summed E-state index contributed by atoms with van der Waals surface area (Å²) in [4.78, 5) is 15.1. The Labute approximate surface area is 185 Å². The van der Waals surface area contributed by atoms with E-state index in [2.05, 4.69) is 5.32 Å². The molecule has 0 spiro atoms. The van der Waals surface area contributed by atoms with Crippen LogP contribution < -0.4 is 19.7 Å². The van der Waals surface area contributed by atoms with Crippen LogP contribution in [0.2, 0.25) is 0 Å². The van der Waals surface area contributed by atoms with Crippen LogP contribution in [0.4, 0.5) is 27.6 Å². The van der Waals surface area contributed by atoms with Crippen LogP contribution >= 0.6 is 12.2 Å². The van der Waals surface area contributed by atoms with Crippen molar-refractivity contribution in [3.63, 3.8) is 0 Å². The lowest BCUT2D eigenvalue weighted by Gasteiger charge is -2.37. The highest BCUT2D eigenvalue weighted by Gasteiger charge is 2.31. The predicted molar refractivity (Wildman–Crippen MR) is 110 cm³/mol. The largest absolute Gasteiger partial charge is 0.497 e. The number of carbonyl (C=O) groups excluding carboxylic acids is 1. The Morgan fingerprint density at radius 1 is 0.844 bits per heavy atom. The number of nitrogens with one attached hydrogen (secondary N) is 1. The minimum absolute atomic E-state index is 0.0499. The molecule has 3 rings (SSSR count). The lowest BCUT2D eigenvalue weighted by Crippen LogP contribution is -2.53. The molecule has 0 unspecified atom stereocenters. The van der Waals surface area contributed by atoms with Gasteiger partial charge in [-0.25, -0.2) is 22.0 Å². The number of nitrogens with zero attached hydrogens (tertiary/aromatic N) is 2. The number of hydrogen-bond acceptors (Lipinski definition) is 5. The third-order valence-electron chi connectivity index (χ3n) is 4.90. The van der Waals surface area contributed by atoms with Crippen LogP contribution in [0.3, 0.4) is 0 Å². The molecule has 1 aliphatic rings. The molecule has 32 heavy (non-hydrogen) atoms. The summed E-state index contributed by atoms with van der Waals surface area (Å²) in [6.45, 7) is 0.00275. The second-order valence-electron chi connectivity index (χ2n) is 6.75. The van der Waals surface area contributed by atoms with Crippen molar-refractivity contribution in [2.24, 2.45) is 0 Å². The van der Waals surface area contributed by atoms with E-state index in [1.165, 1.54) is 26.4 Å². The molecule has 2 aromatic carbocycles. The van der Waals surface area contributed by atoms with E-state index in [0.29, 0.717) is 11.5 Å². The molecule has 0 bridgehead atoms. The molecule has 0 radical (unpaired) electrons. The SMILES string of the molecule is COc1cc(OC)cc(C(=O)NC(=S)N2CCN(c3c(F)c(F)c(F)c(F)c3F)CC2)c1. The van der Waals surface area contributed by atoms with E-state index < -0.39 is 40.7 Å². The van der Waals surface area contributed by atoms with E-state index in [0.717, 1.165) is 4.90 Å². The number of methoxy groups -OCH3 is 2. The number of carbonyl (C=O) groups is 1. The summed E-state index contributed by atoms with van der Waals surface area (Å²) in [6, 6.07) is 4.57. The lowest BCUT2D eigenvalue weighted by atomic mass is 10.2. The minimum atomic E-state index is -2.21. The molecule has 1 fully saturated rings. The standard InChI is InChI=1S/C20H18F5N3O3S/c1-30-11-7-10(8-12(9-11)31-2)19(29)26-20(32)28-5-3-27(4-6-28)18-16(24)14(22)13(21)15(23)17(18)25/h7-9H,3-6H2,1-2H3,(H,26,29,32). The van der Waals surface area contributed by atoms with E-state index in [9.17, 15) is 26.7 Å². The van der Waals surface area contributed by atoms with Gasteiger partial charge in [0.05, 0.1) is 14.2 Å². The Bertz CT molecular complexity index is 1010. The number of hydrogen-bond donors (Lipinski definition) is 1. The summed E-state index contributed by atoms with van der Waals surface area (Å²) in [7, 11) is 2.87. The van der Waals surface area contributed by atoms with Crippen LogP contribution in [0.1, 0.15) is 10.4 Å². The number of piperazine rings is 1. The first-order valence-electron chi connectivity index (χ1n) is 9.27. The molecule has 172 valence electrons. The van der Waals surface area contributed by atoms with Crippen molar-refractivity contribution in [2.45, 2.75) is 0 Å². The Balaban J connectivity index is 1.68. The summed E-state index contributed by atoms with van der Waals surface area (Å²) in [5.74, 6) is -9.73. The number of ether oxygens (including phenoxy) is 2. The molecule has 6 nitrogen and oxygen atoms in total. The van der Waals surface area contributed by atoms with Gasteiger partial charge in [-0.15, -0.1) is 0 Å². The first-order chi connectivity index (χ1) is 15.2. The van der Waals surface area contributed by atoms with Crippen LogP contribution in [-0.4, -0.2) is 56.3 Å². The molecule has 1 saturated heterocycles. The van der Waals surface area contributed by atoms with Crippen molar-refractivity contribution in [3.05, 3.63) is 52.8 Å². The molecule has 2 aromatic rings. The minimum Gasteiger partial charge on any atom is -0.497 e. The Hall–Kier alpha value is -3.15. The molecule has 0 aliphatic carbocycles. The van der Waals surface area contributed by atoms with Gasteiger partial charge < -0.3 is 19.3 Å². The number of thiocarbonyl (C=S) groups is 1. The van der Waals surface area contributed by atoms with Gasteiger partial charge in [-0.1, -0.05) is 0 Å². The highest BCUT2D eigenvalue weighted by molar-refractivity contribution is 7.80. The van der Waals surface area contributed by atoms with Crippen molar-refractivity contribution < 1.29 is 36.2 Å². The molecule has 0 aromatic heterocycles. The van der Waals surface area contributed by atoms with Crippen molar-refractivity contribution in [2.75, 3.05) is 45.3 Å². The fourth-order valence-electron chi connectivity index (χ4n) is 3.19. The van der Waals surface area contributed by atoms with Gasteiger partial charge in [0, 0.05) is 37.8 Å². The maximum Gasteiger partial charge on any atom is 0.257 e. The maximum atomic E-state index is 14.0. The van der Waals surface area contributed by atoms with Gasteiger partial charge in [0.15, 0.2) is 28.4 Å². The first kappa shape index (κ1) is 23.5. The van der Waals surface area contributed by atoms with E-state index >= 15 is 0 Å². The van der Waals surface area contributed by atoms with Gasteiger partial charge in [-0.2, -0.15) is 0 Å². The Morgan fingerprint density at radius 2 is 1.31 bits per heavy atom. The fourth-order valence-corrected chi connectivity index (χ4v) is 3.47. The third kappa shape index (κ3) is 4.54. The van der Waals surface area contributed by atoms with Gasteiger partial charge in [0.1, 0.15) is 17.2 Å². The van der Waals surface area contributed by atoms with Crippen molar-refractivity contribution in [1.29, 1.82) is 0 Å². The monoisotopic (exact) mass is 475 g/mol. The van der Waals surface area contributed by atoms with E-state index in [1.54, 1.807) is 11.0 Å². The maximum absolute atomic E-state index is 14.0. The third-order valence-corrected chi connectivity index (χ3v) is 5.26. The zero-order valence-electron chi connectivity index (χ0n) is 17.0. The van der Waals surface area contributed by atoms with E-state index in [4.69, 9.17) is 21.7 Å². The van der Waals surface area contributed by atoms with Gasteiger partial charge in [-0.3, -0.25) is 10.1 Å². The van der Waals surface area contributed by atoms with E-state index in [1.807, 2.05) is 0 Å². The average molecular weight is 475 g/mol. The predicted octanol–water partition coefficient (Wildman–Crippen LogP) is 3.24. The second-order valence-corrected chi connectivity index (χ2v) is 7.14.